The lowest BCUT2D eigenvalue weighted by molar-refractivity contribution is -0.384. The summed E-state index contributed by atoms with van der Waals surface area (Å²) in [6.45, 7) is 5.55. The Hall–Kier alpha value is -2.76. The number of nitrogens with one attached hydrogen (secondary N) is 1. The highest BCUT2D eigenvalue weighted by atomic mass is 32.2. The zero-order valence-electron chi connectivity index (χ0n) is 17.7. The third-order valence-corrected chi connectivity index (χ3v) is 7.00. The molecule has 3 aromatic rings. The Morgan fingerprint density at radius 2 is 2.25 bits per heavy atom. The lowest BCUT2D eigenvalue weighted by Crippen LogP contribution is -2.18. The number of rotatable bonds is 8. The molecule has 2 aromatic heterocycles. The summed E-state index contributed by atoms with van der Waals surface area (Å²) in [5.74, 6) is 0.0181. The van der Waals surface area contributed by atoms with E-state index in [1.54, 1.807) is 17.5 Å². The van der Waals surface area contributed by atoms with E-state index in [2.05, 4.69) is 19.9 Å². The molecular formula is C21H23N5O4S2. The fourth-order valence-electron chi connectivity index (χ4n) is 3.47. The van der Waals surface area contributed by atoms with Crippen LogP contribution in [0, 0.1) is 24.0 Å². The van der Waals surface area contributed by atoms with Crippen LogP contribution in [0.2, 0.25) is 0 Å². The van der Waals surface area contributed by atoms with Crippen LogP contribution in [-0.2, 0) is 16.1 Å². The quantitative estimate of drug-likeness (QED) is 0.292. The van der Waals surface area contributed by atoms with Crippen LogP contribution in [0.5, 0.6) is 0 Å². The van der Waals surface area contributed by atoms with Crippen LogP contribution in [0.3, 0.4) is 0 Å². The number of amides is 1. The van der Waals surface area contributed by atoms with Gasteiger partial charge in [-0.1, -0.05) is 23.9 Å². The first kappa shape index (κ1) is 22.4. The molecule has 0 unspecified atom stereocenters. The fraction of sp³-hybridized carbons (Fsp3) is 0.381. The average molecular weight is 474 g/mol. The molecule has 0 aliphatic carbocycles. The Morgan fingerprint density at radius 3 is 3.00 bits per heavy atom. The summed E-state index contributed by atoms with van der Waals surface area (Å²) < 4.78 is 7.89. The van der Waals surface area contributed by atoms with Gasteiger partial charge >= 0.3 is 0 Å². The largest absolute Gasteiger partial charge is 0.376 e. The first-order valence-electron chi connectivity index (χ1n) is 10.2. The highest BCUT2D eigenvalue weighted by Gasteiger charge is 2.21. The van der Waals surface area contributed by atoms with Crippen molar-refractivity contribution in [1.29, 1.82) is 0 Å². The van der Waals surface area contributed by atoms with Crippen molar-refractivity contribution in [3.63, 3.8) is 0 Å². The Balaban J connectivity index is 1.37. The van der Waals surface area contributed by atoms with Crippen molar-refractivity contribution >= 4 is 39.8 Å². The molecule has 1 saturated heterocycles. The molecular weight excluding hydrogens is 450 g/mol. The lowest BCUT2D eigenvalue weighted by atomic mass is 10.1. The van der Waals surface area contributed by atoms with Gasteiger partial charge in [0.25, 0.3) is 5.69 Å². The summed E-state index contributed by atoms with van der Waals surface area (Å²) in [4.78, 5) is 32.1. The van der Waals surface area contributed by atoms with E-state index in [1.165, 1.54) is 35.2 Å². The second-order valence-electron chi connectivity index (χ2n) is 7.49. The van der Waals surface area contributed by atoms with Crippen molar-refractivity contribution in [3.8, 4) is 11.3 Å². The molecule has 1 fully saturated rings. The smallest absolute Gasteiger partial charge is 0.270 e. The number of carbonyl (C=O) groups excluding carboxylic acids is 1. The Kier molecular flexibility index (Phi) is 6.87. The summed E-state index contributed by atoms with van der Waals surface area (Å²) in [6, 6.07) is 6.27. The molecule has 32 heavy (non-hydrogen) atoms. The summed E-state index contributed by atoms with van der Waals surface area (Å²) >= 11 is 2.67. The van der Waals surface area contributed by atoms with Crippen LogP contribution in [0.4, 0.5) is 10.8 Å². The van der Waals surface area contributed by atoms with Crippen molar-refractivity contribution in [2.45, 2.75) is 44.5 Å². The standard InChI is InChI=1S/C21H23N5O4S2/c1-13-14(2)25(10-17-7-4-8-30-17)21(22-13)32-12-19(27)24-20-23-18(11-31-20)15-5-3-6-16(9-15)26(28)29/h3,5-6,9,11,17H,4,7-8,10,12H2,1-2H3,(H,23,24,27)/t17-/m0/s1. The molecule has 1 aromatic carbocycles. The van der Waals surface area contributed by atoms with Crippen LogP contribution < -0.4 is 5.32 Å². The summed E-state index contributed by atoms with van der Waals surface area (Å²) in [6.07, 6.45) is 2.31. The highest BCUT2D eigenvalue weighted by molar-refractivity contribution is 7.99. The predicted octanol–water partition coefficient (Wildman–Crippen LogP) is 4.44. The average Bonchev–Trinajstić information content (AvgIpc) is 3.51. The van der Waals surface area contributed by atoms with E-state index in [9.17, 15) is 14.9 Å². The molecule has 4 rings (SSSR count). The first-order valence-corrected chi connectivity index (χ1v) is 12.1. The maximum atomic E-state index is 12.5. The van der Waals surface area contributed by atoms with Gasteiger partial charge in [-0.3, -0.25) is 14.9 Å². The van der Waals surface area contributed by atoms with Crippen LogP contribution in [0.25, 0.3) is 11.3 Å². The Labute approximate surface area is 193 Å². The van der Waals surface area contributed by atoms with E-state index in [4.69, 9.17) is 4.74 Å². The van der Waals surface area contributed by atoms with Crippen molar-refractivity contribution in [2.24, 2.45) is 0 Å². The van der Waals surface area contributed by atoms with Gasteiger partial charge in [0, 0.05) is 35.4 Å². The maximum Gasteiger partial charge on any atom is 0.270 e. The molecule has 9 nitrogen and oxygen atoms in total. The topological polar surface area (TPSA) is 112 Å². The van der Waals surface area contributed by atoms with E-state index in [1.807, 2.05) is 13.8 Å². The van der Waals surface area contributed by atoms with E-state index in [-0.39, 0.29) is 23.5 Å². The van der Waals surface area contributed by atoms with Crippen molar-refractivity contribution < 1.29 is 14.5 Å². The number of hydrogen-bond acceptors (Lipinski definition) is 8. The maximum absolute atomic E-state index is 12.5. The number of nitrogens with zero attached hydrogens (tertiary/aromatic N) is 4. The monoisotopic (exact) mass is 473 g/mol. The zero-order valence-corrected chi connectivity index (χ0v) is 19.4. The minimum Gasteiger partial charge on any atom is -0.376 e. The summed E-state index contributed by atoms with van der Waals surface area (Å²) in [5, 5.41) is 16.8. The van der Waals surface area contributed by atoms with Gasteiger partial charge in [0.2, 0.25) is 5.91 Å². The molecule has 0 spiro atoms. The Morgan fingerprint density at radius 1 is 1.41 bits per heavy atom. The minimum absolute atomic E-state index is 0.00146. The molecule has 1 amide bonds. The number of aryl methyl sites for hydroxylation is 1. The lowest BCUT2D eigenvalue weighted by Gasteiger charge is -2.14. The number of nitro benzene ring substituents is 1. The number of aromatic nitrogens is 3. The Bertz CT molecular complexity index is 1140. The number of ether oxygens (including phenoxy) is 1. The van der Waals surface area contributed by atoms with Gasteiger partial charge in [0.1, 0.15) is 0 Å². The minimum atomic E-state index is -0.443. The third-order valence-electron chi connectivity index (χ3n) is 5.27. The van der Waals surface area contributed by atoms with E-state index >= 15 is 0 Å². The third kappa shape index (κ3) is 5.17. The fourth-order valence-corrected chi connectivity index (χ4v) is 5.11. The number of imidazole rings is 1. The van der Waals surface area contributed by atoms with Gasteiger partial charge < -0.3 is 14.6 Å². The van der Waals surface area contributed by atoms with Gasteiger partial charge in [0.05, 0.1) is 34.7 Å². The molecule has 1 aliphatic rings. The van der Waals surface area contributed by atoms with Gasteiger partial charge in [-0.15, -0.1) is 11.3 Å². The number of hydrogen-bond donors (Lipinski definition) is 1. The van der Waals surface area contributed by atoms with Gasteiger partial charge in [-0.05, 0) is 26.7 Å². The second-order valence-corrected chi connectivity index (χ2v) is 9.29. The number of carbonyl (C=O) groups is 1. The van der Waals surface area contributed by atoms with E-state index in [0.717, 1.165) is 42.5 Å². The molecule has 1 N–H and O–H groups in total. The molecule has 3 heterocycles. The second kappa shape index (κ2) is 9.80. The number of non-ortho nitro benzene ring substituents is 1. The number of nitro groups is 1. The van der Waals surface area contributed by atoms with Crippen molar-refractivity contribution in [3.05, 3.63) is 51.1 Å². The van der Waals surface area contributed by atoms with E-state index in [0.29, 0.717) is 16.4 Å². The molecule has 1 aliphatic heterocycles. The van der Waals surface area contributed by atoms with Crippen LogP contribution in [0.1, 0.15) is 24.2 Å². The normalized spacial score (nSPS) is 15.8. The SMILES string of the molecule is Cc1nc(SCC(=O)Nc2nc(-c3cccc([N+](=O)[O-])c3)cs2)n(C[C@@H]2CCCO2)c1C. The number of thiazole rings is 1. The zero-order chi connectivity index (χ0) is 22.7. The molecule has 168 valence electrons. The van der Waals surface area contributed by atoms with Crippen molar-refractivity contribution in [1.82, 2.24) is 14.5 Å². The molecule has 0 radical (unpaired) electrons. The summed E-state index contributed by atoms with van der Waals surface area (Å²) in [7, 11) is 0. The van der Waals surface area contributed by atoms with E-state index < -0.39 is 4.92 Å². The summed E-state index contributed by atoms with van der Waals surface area (Å²) in [5.41, 5.74) is 3.26. The molecule has 0 bridgehead atoms. The van der Waals surface area contributed by atoms with Gasteiger partial charge in [0.15, 0.2) is 10.3 Å². The van der Waals surface area contributed by atoms with Crippen LogP contribution in [-0.4, -0.2) is 43.8 Å². The van der Waals surface area contributed by atoms with Crippen LogP contribution >= 0.6 is 23.1 Å². The number of thioether (sulfide) groups is 1. The predicted molar refractivity (Wildman–Crippen MR) is 124 cm³/mol. The first-order chi connectivity index (χ1) is 15.4. The number of anilines is 1. The highest BCUT2D eigenvalue weighted by Crippen LogP contribution is 2.28. The van der Waals surface area contributed by atoms with Crippen LogP contribution in [0.15, 0.2) is 34.8 Å². The molecule has 11 heteroatoms. The van der Waals surface area contributed by atoms with Gasteiger partial charge in [-0.2, -0.15) is 0 Å². The van der Waals surface area contributed by atoms with Crippen molar-refractivity contribution in [2.75, 3.05) is 17.7 Å². The molecule has 1 atom stereocenters. The molecule has 0 saturated carbocycles. The van der Waals surface area contributed by atoms with Gasteiger partial charge in [-0.25, -0.2) is 9.97 Å². The number of benzene rings is 1.